The second-order valence-corrected chi connectivity index (χ2v) is 6.56. The highest BCUT2D eigenvalue weighted by Gasteiger charge is 2.17. The molecule has 0 aliphatic heterocycles. The van der Waals surface area contributed by atoms with Crippen molar-refractivity contribution in [1.29, 1.82) is 0 Å². The van der Waals surface area contributed by atoms with Crippen molar-refractivity contribution in [3.63, 3.8) is 0 Å². The molecule has 0 radical (unpaired) electrons. The van der Waals surface area contributed by atoms with E-state index in [1.807, 2.05) is 6.92 Å². The molecule has 1 aromatic rings. The van der Waals surface area contributed by atoms with Crippen LogP contribution in [-0.2, 0) is 9.59 Å². The highest BCUT2D eigenvalue weighted by Crippen LogP contribution is 2.11. The monoisotopic (exact) mass is 351 g/mol. The summed E-state index contributed by atoms with van der Waals surface area (Å²) in [6, 6.07) is 1.66. The van der Waals surface area contributed by atoms with Gasteiger partial charge in [-0.1, -0.05) is 57.5 Å². The molecule has 0 bridgehead atoms. The van der Waals surface area contributed by atoms with Crippen LogP contribution in [0.15, 0.2) is 10.6 Å². The molecule has 1 rings (SSSR count). The van der Waals surface area contributed by atoms with E-state index in [2.05, 4.69) is 17.4 Å². The maximum atomic E-state index is 12.4. The van der Waals surface area contributed by atoms with Crippen molar-refractivity contribution in [2.24, 2.45) is 0 Å². The van der Waals surface area contributed by atoms with Crippen molar-refractivity contribution in [2.75, 3.05) is 18.4 Å². The maximum Gasteiger partial charge on any atom is 0.245 e. The van der Waals surface area contributed by atoms with Gasteiger partial charge in [0, 0.05) is 19.0 Å². The molecular formula is C19H33N3O3. The zero-order valence-corrected chi connectivity index (χ0v) is 16.0. The second kappa shape index (κ2) is 12.5. The van der Waals surface area contributed by atoms with Gasteiger partial charge >= 0.3 is 0 Å². The lowest BCUT2D eigenvalue weighted by molar-refractivity contribution is -0.134. The molecule has 0 aliphatic rings. The van der Waals surface area contributed by atoms with Gasteiger partial charge in [-0.25, -0.2) is 0 Å². The second-order valence-electron chi connectivity index (χ2n) is 6.56. The van der Waals surface area contributed by atoms with E-state index in [0.29, 0.717) is 24.5 Å². The Morgan fingerprint density at radius 3 is 2.36 bits per heavy atom. The fraction of sp³-hybridized carbons (Fsp3) is 0.737. The fourth-order valence-corrected chi connectivity index (χ4v) is 2.73. The molecule has 0 fully saturated rings. The van der Waals surface area contributed by atoms with Crippen LogP contribution in [0.25, 0.3) is 0 Å². The molecule has 0 saturated heterocycles. The number of hydrogen-bond acceptors (Lipinski definition) is 4. The molecule has 0 spiro atoms. The summed E-state index contributed by atoms with van der Waals surface area (Å²) in [5.74, 6) is 0.839. The molecule has 0 aromatic carbocycles. The average molecular weight is 351 g/mol. The van der Waals surface area contributed by atoms with Crippen LogP contribution >= 0.6 is 0 Å². The Labute approximate surface area is 151 Å². The van der Waals surface area contributed by atoms with Crippen LogP contribution in [0, 0.1) is 6.92 Å². The summed E-state index contributed by atoms with van der Waals surface area (Å²) in [4.78, 5) is 26.1. The first-order valence-electron chi connectivity index (χ1n) is 9.57. The van der Waals surface area contributed by atoms with Crippen LogP contribution in [0.3, 0.4) is 0 Å². The third-order valence-electron chi connectivity index (χ3n) is 4.07. The Bertz CT molecular complexity index is 514. The third kappa shape index (κ3) is 9.27. The van der Waals surface area contributed by atoms with Gasteiger partial charge in [-0.05, 0) is 19.8 Å². The van der Waals surface area contributed by atoms with Crippen molar-refractivity contribution < 1.29 is 14.1 Å². The molecule has 1 N–H and O–H groups in total. The number of nitrogens with zero attached hydrogens (tertiary/aromatic N) is 2. The largest absolute Gasteiger partial charge is 0.360 e. The number of hydrogen-bond donors (Lipinski definition) is 1. The molecule has 6 nitrogen and oxygen atoms in total. The summed E-state index contributed by atoms with van der Waals surface area (Å²) in [5.41, 5.74) is 0. The van der Waals surface area contributed by atoms with Crippen LogP contribution in [0.4, 0.5) is 5.82 Å². The van der Waals surface area contributed by atoms with E-state index in [1.54, 1.807) is 17.9 Å². The summed E-state index contributed by atoms with van der Waals surface area (Å²) in [5, 5.41) is 6.40. The van der Waals surface area contributed by atoms with Crippen LogP contribution < -0.4 is 5.32 Å². The molecule has 2 amide bonds. The quantitative estimate of drug-likeness (QED) is 0.538. The normalized spacial score (nSPS) is 10.7. The number of rotatable bonds is 13. The van der Waals surface area contributed by atoms with Crippen LogP contribution in [-0.4, -0.2) is 35.0 Å². The standard InChI is InChI=1S/C19H33N3O3/c1-4-6-7-8-9-10-11-12-19(24)22(13-5-2)15-18(23)20-17-14-16(3)25-21-17/h14H,4-13,15H2,1-3H3,(H,20,21,23). The van der Waals surface area contributed by atoms with Crippen LogP contribution in [0.2, 0.25) is 0 Å². The van der Waals surface area contributed by atoms with E-state index in [4.69, 9.17) is 4.52 Å². The predicted octanol–water partition coefficient (Wildman–Crippen LogP) is 4.30. The van der Waals surface area contributed by atoms with E-state index in [-0.39, 0.29) is 18.4 Å². The van der Waals surface area contributed by atoms with Gasteiger partial charge in [0.2, 0.25) is 11.8 Å². The van der Waals surface area contributed by atoms with Crippen molar-refractivity contribution in [3.05, 3.63) is 11.8 Å². The average Bonchev–Trinajstić information content (AvgIpc) is 2.98. The van der Waals surface area contributed by atoms with Gasteiger partial charge < -0.3 is 14.7 Å². The Hall–Kier alpha value is -1.85. The van der Waals surface area contributed by atoms with Gasteiger partial charge in [0.25, 0.3) is 0 Å². The topological polar surface area (TPSA) is 75.4 Å². The summed E-state index contributed by atoms with van der Waals surface area (Å²) in [7, 11) is 0. The van der Waals surface area contributed by atoms with Gasteiger partial charge in [-0.15, -0.1) is 0 Å². The Kier molecular flexibility index (Phi) is 10.6. The lowest BCUT2D eigenvalue weighted by Crippen LogP contribution is -2.38. The number of amides is 2. The number of anilines is 1. The smallest absolute Gasteiger partial charge is 0.245 e. The summed E-state index contributed by atoms with van der Waals surface area (Å²) < 4.78 is 4.92. The van der Waals surface area contributed by atoms with E-state index in [9.17, 15) is 9.59 Å². The predicted molar refractivity (Wildman–Crippen MR) is 99.4 cm³/mol. The summed E-state index contributed by atoms with van der Waals surface area (Å²) in [6.45, 7) is 6.64. The van der Waals surface area contributed by atoms with Crippen molar-refractivity contribution in [1.82, 2.24) is 10.1 Å². The van der Waals surface area contributed by atoms with E-state index < -0.39 is 0 Å². The lowest BCUT2D eigenvalue weighted by Gasteiger charge is -2.21. The maximum absolute atomic E-state index is 12.4. The van der Waals surface area contributed by atoms with Crippen LogP contribution in [0.5, 0.6) is 0 Å². The van der Waals surface area contributed by atoms with Gasteiger partial charge in [-0.3, -0.25) is 9.59 Å². The molecule has 142 valence electrons. The highest BCUT2D eigenvalue weighted by atomic mass is 16.5. The van der Waals surface area contributed by atoms with E-state index in [0.717, 1.165) is 19.3 Å². The highest BCUT2D eigenvalue weighted by molar-refractivity contribution is 5.93. The molecule has 0 atom stereocenters. The molecule has 1 aromatic heterocycles. The summed E-state index contributed by atoms with van der Waals surface area (Å²) in [6.07, 6.45) is 9.60. The minimum Gasteiger partial charge on any atom is -0.360 e. The number of aryl methyl sites for hydroxylation is 1. The number of nitrogens with one attached hydrogen (secondary N) is 1. The third-order valence-corrected chi connectivity index (χ3v) is 4.07. The van der Waals surface area contributed by atoms with E-state index >= 15 is 0 Å². The molecule has 0 aliphatic carbocycles. The molecule has 25 heavy (non-hydrogen) atoms. The molecule has 0 saturated carbocycles. The zero-order valence-electron chi connectivity index (χ0n) is 16.0. The SMILES string of the molecule is CCCCCCCCCC(=O)N(CCC)CC(=O)Nc1cc(C)on1. The van der Waals surface area contributed by atoms with Crippen molar-refractivity contribution >= 4 is 17.6 Å². The number of unbranched alkanes of at least 4 members (excludes halogenated alkanes) is 6. The first-order valence-corrected chi connectivity index (χ1v) is 9.57. The van der Waals surface area contributed by atoms with E-state index in [1.165, 1.54) is 32.1 Å². The number of carbonyl (C=O) groups is 2. The Balaban J connectivity index is 2.31. The fourth-order valence-electron chi connectivity index (χ4n) is 2.73. The first-order chi connectivity index (χ1) is 12.1. The Morgan fingerprint density at radius 1 is 1.08 bits per heavy atom. The Morgan fingerprint density at radius 2 is 1.76 bits per heavy atom. The minimum atomic E-state index is -0.241. The summed E-state index contributed by atoms with van der Waals surface area (Å²) >= 11 is 0. The van der Waals surface area contributed by atoms with Gasteiger partial charge in [0.15, 0.2) is 5.82 Å². The van der Waals surface area contributed by atoms with Gasteiger partial charge in [-0.2, -0.15) is 0 Å². The first kappa shape index (κ1) is 21.2. The molecular weight excluding hydrogens is 318 g/mol. The molecule has 6 heteroatoms. The van der Waals surface area contributed by atoms with Gasteiger partial charge in [0.05, 0.1) is 6.54 Å². The lowest BCUT2D eigenvalue weighted by atomic mass is 10.1. The van der Waals surface area contributed by atoms with Crippen molar-refractivity contribution in [3.8, 4) is 0 Å². The van der Waals surface area contributed by atoms with Crippen LogP contribution in [0.1, 0.15) is 77.4 Å². The molecule has 1 heterocycles. The zero-order chi connectivity index (χ0) is 18.5. The molecule has 0 unspecified atom stereocenters. The minimum absolute atomic E-state index is 0.0573. The van der Waals surface area contributed by atoms with Crippen molar-refractivity contribution in [2.45, 2.75) is 78.6 Å². The number of aromatic nitrogens is 1. The number of carbonyl (C=O) groups excluding carboxylic acids is 2. The van der Waals surface area contributed by atoms with Gasteiger partial charge in [0.1, 0.15) is 5.76 Å².